The van der Waals surface area contributed by atoms with E-state index >= 15 is 0 Å². The first-order chi connectivity index (χ1) is 13.5. The van der Waals surface area contributed by atoms with Crippen LogP contribution in [0.2, 0.25) is 0 Å². The van der Waals surface area contributed by atoms with Gasteiger partial charge in [0.1, 0.15) is 11.3 Å². The number of aromatic nitrogens is 4. The maximum Gasteiger partial charge on any atom is 0.270 e. The molecule has 3 aromatic rings. The zero-order valence-corrected chi connectivity index (χ0v) is 15.3. The molecule has 0 spiro atoms. The van der Waals surface area contributed by atoms with Crippen molar-refractivity contribution < 1.29 is 13.6 Å². The minimum atomic E-state index is -2.54. The topological polar surface area (TPSA) is 77.7 Å². The third kappa shape index (κ3) is 2.96. The number of hydrogen-bond donors (Lipinski definition) is 2. The van der Waals surface area contributed by atoms with Crippen LogP contribution in [0.25, 0.3) is 22.3 Å². The summed E-state index contributed by atoms with van der Waals surface area (Å²) in [7, 11) is 0. The van der Waals surface area contributed by atoms with Gasteiger partial charge in [0.25, 0.3) is 5.91 Å². The highest BCUT2D eigenvalue weighted by atomic mass is 19.3. The maximum absolute atomic E-state index is 13.4. The summed E-state index contributed by atoms with van der Waals surface area (Å²) in [5, 5.41) is 7.56. The van der Waals surface area contributed by atoms with Crippen LogP contribution in [0, 0.1) is 5.92 Å². The second kappa shape index (κ2) is 6.39. The molecule has 8 heteroatoms. The van der Waals surface area contributed by atoms with E-state index in [9.17, 15) is 13.6 Å². The van der Waals surface area contributed by atoms with Gasteiger partial charge in [-0.15, -0.1) is 0 Å². The van der Waals surface area contributed by atoms with E-state index in [1.54, 1.807) is 12.4 Å². The maximum atomic E-state index is 13.4. The minimum absolute atomic E-state index is 0.0662. The standard InChI is InChI=1S/C20H21F2N5O/c21-20(22)6-3-12(4-7-20)17-5-8-27(17)19(28)16-9-13-1-2-15(25-18(13)26-16)14-10-23-24-11-14/h1-2,9-12,17H,3-8H2,(H,23,24)(H,25,26)/t17-/m1/s1. The quantitative estimate of drug-likeness (QED) is 0.716. The van der Waals surface area contributed by atoms with Gasteiger partial charge >= 0.3 is 0 Å². The molecule has 1 saturated heterocycles. The van der Waals surface area contributed by atoms with E-state index < -0.39 is 5.92 Å². The summed E-state index contributed by atoms with van der Waals surface area (Å²) in [6.45, 7) is 0.680. The molecule has 2 N–H and O–H groups in total. The molecule has 1 saturated carbocycles. The molecule has 4 heterocycles. The molecule has 1 aliphatic carbocycles. The van der Waals surface area contributed by atoms with Gasteiger partial charge in [-0.1, -0.05) is 0 Å². The van der Waals surface area contributed by atoms with Gasteiger partial charge in [0.2, 0.25) is 5.92 Å². The monoisotopic (exact) mass is 385 g/mol. The number of fused-ring (bicyclic) bond motifs is 1. The summed E-state index contributed by atoms with van der Waals surface area (Å²) < 4.78 is 26.9. The molecule has 1 amide bonds. The molecule has 5 rings (SSSR count). The average molecular weight is 385 g/mol. The molecule has 1 atom stereocenters. The van der Waals surface area contributed by atoms with Crippen molar-refractivity contribution in [3.8, 4) is 11.3 Å². The highest BCUT2D eigenvalue weighted by Gasteiger charge is 2.43. The number of carbonyl (C=O) groups excluding carboxylic acids is 1. The van der Waals surface area contributed by atoms with Crippen molar-refractivity contribution >= 4 is 16.9 Å². The van der Waals surface area contributed by atoms with Crippen molar-refractivity contribution in [3.05, 3.63) is 36.3 Å². The van der Waals surface area contributed by atoms with Crippen LogP contribution in [-0.4, -0.2) is 49.5 Å². The average Bonchev–Trinajstić information content (AvgIpc) is 3.31. The first-order valence-electron chi connectivity index (χ1n) is 9.68. The second-order valence-corrected chi connectivity index (χ2v) is 7.85. The highest BCUT2D eigenvalue weighted by Crippen LogP contribution is 2.41. The normalized spacial score (nSPS) is 22.4. The fraction of sp³-hybridized carbons (Fsp3) is 0.450. The summed E-state index contributed by atoms with van der Waals surface area (Å²) in [6, 6.07) is 5.71. The molecule has 0 aromatic carbocycles. The van der Waals surface area contributed by atoms with Gasteiger partial charge in [-0.05, 0) is 43.4 Å². The predicted molar refractivity (Wildman–Crippen MR) is 100 cm³/mol. The Morgan fingerprint density at radius 1 is 1.21 bits per heavy atom. The molecular formula is C20H21F2N5O. The molecule has 1 aliphatic heterocycles. The first kappa shape index (κ1) is 17.3. The van der Waals surface area contributed by atoms with Gasteiger partial charge in [0.15, 0.2) is 0 Å². The molecule has 0 unspecified atom stereocenters. The lowest BCUT2D eigenvalue weighted by molar-refractivity contribution is -0.0635. The van der Waals surface area contributed by atoms with E-state index in [2.05, 4.69) is 20.2 Å². The van der Waals surface area contributed by atoms with Gasteiger partial charge in [0.05, 0.1) is 11.9 Å². The zero-order valence-electron chi connectivity index (χ0n) is 15.3. The Balaban J connectivity index is 1.34. The van der Waals surface area contributed by atoms with Crippen molar-refractivity contribution in [1.82, 2.24) is 25.1 Å². The van der Waals surface area contributed by atoms with E-state index in [1.807, 2.05) is 23.1 Å². The molecule has 28 heavy (non-hydrogen) atoms. The number of likely N-dealkylation sites (tertiary alicyclic amines) is 1. The lowest BCUT2D eigenvalue weighted by Gasteiger charge is -2.47. The smallest absolute Gasteiger partial charge is 0.270 e. The Morgan fingerprint density at radius 3 is 2.71 bits per heavy atom. The van der Waals surface area contributed by atoms with Crippen molar-refractivity contribution in [2.24, 2.45) is 5.92 Å². The summed E-state index contributed by atoms with van der Waals surface area (Å²) in [6.07, 6.45) is 5.20. The van der Waals surface area contributed by atoms with Crippen LogP contribution in [0.15, 0.2) is 30.6 Å². The summed E-state index contributed by atoms with van der Waals surface area (Å²) in [4.78, 5) is 22.5. The van der Waals surface area contributed by atoms with Gasteiger partial charge in [-0.2, -0.15) is 5.10 Å². The minimum Gasteiger partial charge on any atom is -0.335 e. The number of H-pyrrole nitrogens is 2. The molecule has 0 radical (unpaired) electrons. The van der Waals surface area contributed by atoms with Gasteiger partial charge < -0.3 is 9.88 Å². The highest BCUT2D eigenvalue weighted by molar-refractivity contribution is 5.98. The second-order valence-electron chi connectivity index (χ2n) is 7.85. The van der Waals surface area contributed by atoms with Crippen LogP contribution in [0.3, 0.4) is 0 Å². The lowest BCUT2D eigenvalue weighted by Crippen LogP contribution is -2.55. The number of nitrogens with one attached hydrogen (secondary N) is 2. The van der Waals surface area contributed by atoms with E-state index in [0.717, 1.165) is 23.1 Å². The number of aromatic amines is 2. The molecule has 2 aliphatic rings. The van der Waals surface area contributed by atoms with Gasteiger partial charge in [-0.25, -0.2) is 13.8 Å². The van der Waals surface area contributed by atoms with E-state index in [0.29, 0.717) is 30.7 Å². The number of halogens is 2. The summed E-state index contributed by atoms with van der Waals surface area (Å²) in [5.41, 5.74) is 2.79. The number of hydrogen-bond acceptors (Lipinski definition) is 3. The van der Waals surface area contributed by atoms with E-state index in [-0.39, 0.29) is 30.7 Å². The van der Waals surface area contributed by atoms with Crippen LogP contribution >= 0.6 is 0 Å². The Hall–Kier alpha value is -2.77. The number of amides is 1. The SMILES string of the molecule is O=C(c1cc2ccc(-c3cn[nH]c3)nc2[nH]1)N1CC[C@@H]1C1CCC(F)(F)CC1. The number of rotatable bonds is 3. The molecule has 3 aromatic heterocycles. The van der Waals surface area contributed by atoms with Crippen molar-refractivity contribution in [3.63, 3.8) is 0 Å². The predicted octanol–water partition coefficient (Wildman–Crippen LogP) is 3.99. The summed E-state index contributed by atoms with van der Waals surface area (Å²) >= 11 is 0. The Bertz CT molecular complexity index is 1000. The third-order valence-corrected chi connectivity index (χ3v) is 6.14. The van der Waals surface area contributed by atoms with Crippen LogP contribution in [0.5, 0.6) is 0 Å². The molecule has 2 fully saturated rings. The number of pyridine rings is 1. The van der Waals surface area contributed by atoms with Crippen LogP contribution in [0.4, 0.5) is 8.78 Å². The summed E-state index contributed by atoms with van der Waals surface area (Å²) in [5.74, 6) is -2.44. The largest absolute Gasteiger partial charge is 0.335 e. The molecule has 146 valence electrons. The Labute approximate surface area is 160 Å². The van der Waals surface area contributed by atoms with Gasteiger partial charge in [-0.3, -0.25) is 9.89 Å². The van der Waals surface area contributed by atoms with Crippen LogP contribution in [-0.2, 0) is 0 Å². The van der Waals surface area contributed by atoms with Crippen molar-refractivity contribution in [2.45, 2.75) is 44.1 Å². The van der Waals surface area contributed by atoms with Crippen molar-refractivity contribution in [1.29, 1.82) is 0 Å². The third-order valence-electron chi connectivity index (χ3n) is 6.14. The van der Waals surface area contributed by atoms with E-state index in [4.69, 9.17) is 0 Å². The van der Waals surface area contributed by atoms with Gasteiger partial charge in [0, 0.05) is 42.6 Å². The fourth-order valence-electron chi connectivity index (χ4n) is 4.42. The Morgan fingerprint density at radius 2 is 2.04 bits per heavy atom. The molecule has 0 bridgehead atoms. The number of nitrogens with zero attached hydrogens (tertiary/aromatic N) is 3. The van der Waals surface area contributed by atoms with Crippen LogP contribution in [0.1, 0.15) is 42.6 Å². The Kier molecular flexibility index (Phi) is 3.96. The first-order valence-corrected chi connectivity index (χ1v) is 9.68. The van der Waals surface area contributed by atoms with Crippen LogP contribution < -0.4 is 0 Å². The molecular weight excluding hydrogens is 364 g/mol. The van der Waals surface area contributed by atoms with E-state index in [1.165, 1.54) is 0 Å². The number of alkyl halides is 2. The zero-order chi connectivity index (χ0) is 19.3. The van der Waals surface area contributed by atoms with Crippen molar-refractivity contribution in [2.75, 3.05) is 6.54 Å². The lowest BCUT2D eigenvalue weighted by atomic mass is 9.77. The molecule has 6 nitrogen and oxygen atoms in total. The fourth-order valence-corrected chi connectivity index (χ4v) is 4.42. The number of carbonyl (C=O) groups is 1.